The minimum Gasteiger partial charge on any atom is -0.385 e. The van der Waals surface area contributed by atoms with Crippen LogP contribution in [0.4, 0.5) is 11.4 Å². The summed E-state index contributed by atoms with van der Waals surface area (Å²) in [5.41, 5.74) is 4.69. The lowest BCUT2D eigenvalue weighted by atomic mass is 10.1. The van der Waals surface area contributed by atoms with Crippen LogP contribution in [-0.2, 0) is 0 Å². The van der Waals surface area contributed by atoms with E-state index in [0.717, 1.165) is 30.8 Å². The quantitative estimate of drug-likeness (QED) is 0.838. The Morgan fingerprint density at radius 3 is 2.38 bits per heavy atom. The van der Waals surface area contributed by atoms with Crippen LogP contribution in [0.15, 0.2) is 24.3 Å². The Balaban J connectivity index is 2.59. The van der Waals surface area contributed by atoms with Crippen LogP contribution in [0.1, 0.15) is 46.2 Å². The second kappa shape index (κ2) is 6.79. The molecule has 1 aromatic carbocycles. The smallest absolute Gasteiger partial charge is 0.0727 e. The molecule has 0 saturated heterocycles. The maximum Gasteiger partial charge on any atom is 0.0727 e. The first-order chi connectivity index (χ1) is 10.1. The zero-order valence-corrected chi connectivity index (χ0v) is 13.9. The second-order valence-corrected chi connectivity index (χ2v) is 5.65. The van der Waals surface area contributed by atoms with Crippen molar-refractivity contribution in [1.29, 1.82) is 0 Å². The second-order valence-electron chi connectivity index (χ2n) is 5.65. The van der Waals surface area contributed by atoms with Crippen LogP contribution < -0.4 is 10.2 Å². The van der Waals surface area contributed by atoms with Crippen LogP contribution in [0.2, 0.25) is 0 Å². The van der Waals surface area contributed by atoms with Crippen molar-refractivity contribution in [3.8, 4) is 0 Å². The highest BCUT2D eigenvalue weighted by atomic mass is 15.1. The molecule has 0 aliphatic carbocycles. The van der Waals surface area contributed by atoms with Crippen LogP contribution in [-0.4, -0.2) is 24.6 Å². The Morgan fingerprint density at radius 2 is 1.81 bits per heavy atom. The number of nitrogens with zero attached hydrogens (tertiary/aromatic N) is 2. The van der Waals surface area contributed by atoms with Gasteiger partial charge in [0.25, 0.3) is 0 Å². The zero-order valence-electron chi connectivity index (χ0n) is 13.9. The maximum absolute atomic E-state index is 4.81. The van der Waals surface area contributed by atoms with Crippen molar-refractivity contribution in [2.75, 3.05) is 29.9 Å². The SMILES string of the molecule is CCNc1cc(C(C)C)nc2ccc(N(CC)CC)cc12. The Kier molecular flexibility index (Phi) is 5.05. The molecule has 0 unspecified atom stereocenters. The summed E-state index contributed by atoms with van der Waals surface area (Å²) in [6.45, 7) is 13.9. The molecule has 1 heterocycles. The molecule has 3 heteroatoms. The molecule has 0 aliphatic rings. The minimum atomic E-state index is 0.439. The Morgan fingerprint density at radius 1 is 1.10 bits per heavy atom. The number of pyridine rings is 1. The predicted molar refractivity (Wildman–Crippen MR) is 93.6 cm³/mol. The minimum absolute atomic E-state index is 0.439. The number of hydrogen-bond acceptors (Lipinski definition) is 3. The number of anilines is 2. The van der Waals surface area contributed by atoms with Gasteiger partial charge in [0.1, 0.15) is 0 Å². The predicted octanol–water partition coefficient (Wildman–Crippen LogP) is 4.64. The van der Waals surface area contributed by atoms with Crippen molar-refractivity contribution in [2.45, 2.75) is 40.5 Å². The van der Waals surface area contributed by atoms with Crippen molar-refractivity contribution in [1.82, 2.24) is 4.98 Å². The van der Waals surface area contributed by atoms with E-state index in [9.17, 15) is 0 Å². The van der Waals surface area contributed by atoms with E-state index >= 15 is 0 Å². The van der Waals surface area contributed by atoms with E-state index in [-0.39, 0.29) is 0 Å². The molecule has 3 nitrogen and oxygen atoms in total. The largest absolute Gasteiger partial charge is 0.385 e. The maximum atomic E-state index is 4.81. The van der Waals surface area contributed by atoms with E-state index in [0.29, 0.717) is 5.92 Å². The van der Waals surface area contributed by atoms with Crippen molar-refractivity contribution in [2.24, 2.45) is 0 Å². The highest BCUT2D eigenvalue weighted by Crippen LogP contribution is 2.29. The third-order valence-corrected chi connectivity index (χ3v) is 3.90. The number of benzene rings is 1. The summed E-state index contributed by atoms with van der Waals surface area (Å²) >= 11 is 0. The van der Waals surface area contributed by atoms with Crippen molar-refractivity contribution in [3.63, 3.8) is 0 Å². The van der Waals surface area contributed by atoms with Crippen LogP contribution in [0, 0.1) is 0 Å². The molecule has 0 radical (unpaired) electrons. The fourth-order valence-electron chi connectivity index (χ4n) is 2.65. The summed E-state index contributed by atoms with van der Waals surface area (Å²) in [5, 5.41) is 4.70. The van der Waals surface area contributed by atoms with Gasteiger partial charge in [0, 0.05) is 42.1 Å². The van der Waals surface area contributed by atoms with E-state index in [2.05, 4.69) is 69.1 Å². The van der Waals surface area contributed by atoms with E-state index in [1.807, 2.05) is 0 Å². The summed E-state index contributed by atoms with van der Waals surface area (Å²) in [6, 6.07) is 8.79. The van der Waals surface area contributed by atoms with Gasteiger partial charge in [0.15, 0.2) is 0 Å². The average molecular weight is 285 g/mol. The summed E-state index contributed by atoms with van der Waals surface area (Å²) in [5.74, 6) is 0.439. The molecular weight excluding hydrogens is 258 g/mol. The van der Waals surface area contributed by atoms with E-state index in [1.54, 1.807) is 0 Å². The molecule has 21 heavy (non-hydrogen) atoms. The van der Waals surface area contributed by atoms with Crippen LogP contribution in [0.3, 0.4) is 0 Å². The van der Waals surface area contributed by atoms with E-state index in [4.69, 9.17) is 4.98 Å². The monoisotopic (exact) mass is 285 g/mol. The highest BCUT2D eigenvalue weighted by molar-refractivity contribution is 5.94. The lowest BCUT2D eigenvalue weighted by Gasteiger charge is -2.22. The molecule has 0 bridgehead atoms. The third kappa shape index (κ3) is 3.29. The summed E-state index contributed by atoms with van der Waals surface area (Å²) in [6.07, 6.45) is 0. The molecule has 0 spiro atoms. The summed E-state index contributed by atoms with van der Waals surface area (Å²) in [4.78, 5) is 7.18. The number of rotatable bonds is 6. The third-order valence-electron chi connectivity index (χ3n) is 3.90. The number of aromatic nitrogens is 1. The van der Waals surface area contributed by atoms with Gasteiger partial charge in [-0.25, -0.2) is 0 Å². The molecule has 0 saturated carbocycles. The zero-order chi connectivity index (χ0) is 15.4. The normalized spacial score (nSPS) is 11.1. The van der Waals surface area contributed by atoms with Gasteiger partial charge in [-0.3, -0.25) is 4.98 Å². The fraction of sp³-hybridized carbons (Fsp3) is 0.500. The molecule has 1 N–H and O–H groups in total. The molecular formula is C18H27N3. The first-order valence-corrected chi connectivity index (χ1v) is 8.04. The van der Waals surface area contributed by atoms with E-state index < -0.39 is 0 Å². The Hall–Kier alpha value is -1.77. The molecule has 0 fully saturated rings. The first-order valence-electron chi connectivity index (χ1n) is 8.04. The van der Waals surface area contributed by atoms with Gasteiger partial charge in [0.2, 0.25) is 0 Å². The molecule has 1 aromatic heterocycles. The molecule has 2 aromatic rings. The molecule has 114 valence electrons. The standard InChI is InChI=1S/C18H27N3/c1-6-19-18-12-17(13(4)5)20-16-10-9-14(11-15(16)18)21(7-2)8-3/h9-13H,6-8H2,1-5H3,(H,19,20). The van der Waals surface area contributed by atoms with Gasteiger partial charge in [-0.05, 0) is 51.0 Å². The van der Waals surface area contributed by atoms with Crippen LogP contribution in [0.25, 0.3) is 10.9 Å². The van der Waals surface area contributed by atoms with Crippen molar-refractivity contribution < 1.29 is 0 Å². The van der Waals surface area contributed by atoms with Gasteiger partial charge in [-0.15, -0.1) is 0 Å². The van der Waals surface area contributed by atoms with Gasteiger partial charge in [-0.2, -0.15) is 0 Å². The lowest BCUT2D eigenvalue weighted by Crippen LogP contribution is -2.21. The molecule has 0 aliphatic heterocycles. The number of fused-ring (bicyclic) bond motifs is 1. The van der Waals surface area contributed by atoms with Gasteiger partial charge >= 0.3 is 0 Å². The average Bonchev–Trinajstić information content (AvgIpc) is 2.48. The number of nitrogens with one attached hydrogen (secondary N) is 1. The van der Waals surface area contributed by atoms with Gasteiger partial charge in [-0.1, -0.05) is 13.8 Å². The van der Waals surface area contributed by atoms with E-state index in [1.165, 1.54) is 16.8 Å². The van der Waals surface area contributed by atoms with Crippen LogP contribution in [0.5, 0.6) is 0 Å². The highest BCUT2D eigenvalue weighted by Gasteiger charge is 2.10. The van der Waals surface area contributed by atoms with Gasteiger partial charge in [0.05, 0.1) is 5.52 Å². The Bertz CT molecular complexity index is 601. The van der Waals surface area contributed by atoms with Crippen molar-refractivity contribution >= 4 is 22.3 Å². The summed E-state index contributed by atoms with van der Waals surface area (Å²) < 4.78 is 0. The fourth-order valence-corrected chi connectivity index (χ4v) is 2.65. The topological polar surface area (TPSA) is 28.2 Å². The van der Waals surface area contributed by atoms with Crippen LogP contribution >= 0.6 is 0 Å². The number of hydrogen-bond donors (Lipinski definition) is 1. The molecule has 2 rings (SSSR count). The first kappa shape index (κ1) is 15.6. The Labute approximate surface area is 128 Å². The van der Waals surface area contributed by atoms with Crippen molar-refractivity contribution in [3.05, 3.63) is 30.0 Å². The molecule has 0 atom stereocenters. The van der Waals surface area contributed by atoms with Gasteiger partial charge < -0.3 is 10.2 Å². The summed E-state index contributed by atoms with van der Waals surface area (Å²) in [7, 11) is 0. The lowest BCUT2D eigenvalue weighted by molar-refractivity contribution is 0.830. The molecule has 0 amide bonds.